The van der Waals surface area contributed by atoms with Gasteiger partial charge in [0.05, 0.1) is 7.11 Å². The van der Waals surface area contributed by atoms with Crippen molar-refractivity contribution in [3.63, 3.8) is 0 Å². The second kappa shape index (κ2) is 5.56. The van der Waals surface area contributed by atoms with Crippen LogP contribution in [0.4, 0.5) is 0 Å². The van der Waals surface area contributed by atoms with E-state index < -0.39 is 0 Å². The number of ether oxygens (including phenoxy) is 1. The minimum absolute atomic E-state index is 0.0671. The van der Waals surface area contributed by atoms with Crippen molar-refractivity contribution in [3.8, 4) is 39.7 Å². The summed E-state index contributed by atoms with van der Waals surface area (Å²) < 4.78 is 11.2. The van der Waals surface area contributed by atoms with Gasteiger partial charge in [-0.15, -0.1) is 0 Å². The molecule has 0 spiro atoms. The number of hydrogen-bond donors (Lipinski definition) is 2. The average molecular weight is 334 g/mol. The quantitative estimate of drug-likeness (QED) is 0.542. The minimum atomic E-state index is -0.167. The number of hydrogen-bond acceptors (Lipinski definition) is 5. The Morgan fingerprint density at radius 1 is 0.880 bits per heavy atom. The first-order chi connectivity index (χ1) is 12.1. The second-order valence-corrected chi connectivity index (χ2v) is 5.70. The highest BCUT2D eigenvalue weighted by Gasteiger charge is 2.20. The molecule has 1 aliphatic carbocycles. The summed E-state index contributed by atoms with van der Waals surface area (Å²) in [5.41, 5.74) is 2.56. The molecule has 0 saturated carbocycles. The maximum Gasteiger partial charge on any atom is 0.182 e. The van der Waals surface area contributed by atoms with Gasteiger partial charge in [0.25, 0.3) is 0 Å². The van der Waals surface area contributed by atoms with Crippen molar-refractivity contribution in [1.82, 2.24) is 0 Å². The van der Waals surface area contributed by atoms with Gasteiger partial charge < -0.3 is 19.4 Å². The lowest BCUT2D eigenvalue weighted by Gasteiger charge is -2.17. The van der Waals surface area contributed by atoms with Gasteiger partial charge in [-0.05, 0) is 36.4 Å². The number of fused-ring (bicyclic) bond motifs is 2. The molecule has 0 aromatic heterocycles. The minimum Gasteiger partial charge on any atom is -0.508 e. The molecule has 0 atom stereocenters. The molecule has 5 nitrogen and oxygen atoms in total. The smallest absolute Gasteiger partial charge is 0.182 e. The molecule has 2 N–H and O–H groups in total. The van der Waals surface area contributed by atoms with Crippen LogP contribution in [0.2, 0.25) is 0 Å². The van der Waals surface area contributed by atoms with Gasteiger partial charge in [-0.1, -0.05) is 0 Å². The van der Waals surface area contributed by atoms with Crippen LogP contribution in [0, 0.1) is 0 Å². The number of methoxy groups -OCH3 is 1. The first kappa shape index (κ1) is 15.1. The van der Waals surface area contributed by atoms with E-state index in [1.165, 1.54) is 31.4 Å². The third-order valence-electron chi connectivity index (χ3n) is 4.13. The van der Waals surface area contributed by atoms with Crippen LogP contribution in [-0.2, 0) is 0 Å². The Bertz CT molecular complexity index is 1130. The summed E-state index contributed by atoms with van der Waals surface area (Å²) in [5.74, 6) is 1.07. The van der Waals surface area contributed by atoms with Gasteiger partial charge >= 0.3 is 0 Å². The molecule has 0 saturated heterocycles. The van der Waals surface area contributed by atoms with E-state index in [4.69, 9.17) is 9.15 Å². The van der Waals surface area contributed by atoms with E-state index in [9.17, 15) is 15.0 Å². The summed E-state index contributed by atoms with van der Waals surface area (Å²) in [4.78, 5) is 11.7. The first-order valence-corrected chi connectivity index (χ1v) is 7.64. The Morgan fingerprint density at radius 3 is 2.40 bits per heavy atom. The SMILES string of the molecule is COc1cc(O)ccc1-c1c2ccc(=O)cc-2oc2cc(O)ccc12. The lowest BCUT2D eigenvalue weighted by molar-refractivity contribution is 0.409. The monoisotopic (exact) mass is 334 g/mol. The number of phenolic OH excluding ortho intramolecular Hbond substituents is 2. The fraction of sp³-hybridized carbons (Fsp3) is 0.0500. The molecule has 2 aliphatic rings. The van der Waals surface area contributed by atoms with Crippen LogP contribution in [0.3, 0.4) is 0 Å². The van der Waals surface area contributed by atoms with Crippen molar-refractivity contribution in [2.75, 3.05) is 7.11 Å². The van der Waals surface area contributed by atoms with Crippen molar-refractivity contribution in [2.45, 2.75) is 0 Å². The zero-order valence-electron chi connectivity index (χ0n) is 13.3. The zero-order valence-corrected chi connectivity index (χ0v) is 13.3. The average Bonchev–Trinajstić information content (AvgIpc) is 2.59. The summed E-state index contributed by atoms with van der Waals surface area (Å²) >= 11 is 0. The lowest BCUT2D eigenvalue weighted by atomic mass is 9.93. The Labute approximate surface area is 142 Å². The molecular weight excluding hydrogens is 320 g/mol. The number of aromatic hydroxyl groups is 2. The molecule has 2 aromatic carbocycles. The maximum absolute atomic E-state index is 11.7. The summed E-state index contributed by atoms with van der Waals surface area (Å²) in [5, 5.41) is 20.3. The normalized spacial score (nSPS) is 11.1. The fourth-order valence-corrected chi connectivity index (χ4v) is 3.04. The van der Waals surface area contributed by atoms with Gasteiger partial charge in [-0.25, -0.2) is 0 Å². The zero-order chi connectivity index (χ0) is 17.6. The van der Waals surface area contributed by atoms with Crippen LogP contribution < -0.4 is 10.2 Å². The molecule has 4 rings (SSSR count). The van der Waals surface area contributed by atoms with E-state index in [1.54, 1.807) is 30.3 Å². The fourth-order valence-electron chi connectivity index (χ4n) is 3.04. The van der Waals surface area contributed by atoms with Gasteiger partial charge in [0.2, 0.25) is 0 Å². The number of benzene rings is 3. The molecule has 2 aromatic rings. The van der Waals surface area contributed by atoms with Crippen LogP contribution in [-0.4, -0.2) is 17.3 Å². The molecule has 0 amide bonds. The van der Waals surface area contributed by atoms with E-state index in [1.807, 2.05) is 0 Å². The largest absolute Gasteiger partial charge is 0.508 e. The Morgan fingerprint density at radius 2 is 1.60 bits per heavy atom. The number of rotatable bonds is 2. The molecule has 0 radical (unpaired) electrons. The molecule has 0 fully saturated rings. The summed E-state index contributed by atoms with van der Waals surface area (Å²) in [6.45, 7) is 0. The molecule has 1 aliphatic heterocycles. The molecule has 5 heteroatoms. The van der Waals surface area contributed by atoms with Gasteiger partial charge in [-0.2, -0.15) is 0 Å². The predicted octanol–water partition coefficient (Wildman–Crippen LogP) is 3.98. The van der Waals surface area contributed by atoms with Crippen LogP contribution in [0.25, 0.3) is 33.4 Å². The van der Waals surface area contributed by atoms with Crippen LogP contribution in [0.15, 0.2) is 63.8 Å². The Hall–Kier alpha value is -3.47. The van der Waals surface area contributed by atoms with Gasteiger partial charge in [0.15, 0.2) is 5.43 Å². The second-order valence-electron chi connectivity index (χ2n) is 5.70. The number of phenols is 2. The van der Waals surface area contributed by atoms with Crippen LogP contribution in [0.5, 0.6) is 17.2 Å². The highest BCUT2D eigenvalue weighted by molar-refractivity contribution is 6.03. The van der Waals surface area contributed by atoms with Gasteiger partial charge in [-0.3, -0.25) is 4.79 Å². The third-order valence-corrected chi connectivity index (χ3v) is 4.13. The summed E-state index contributed by atoms with van der Waals surface area (Å²) in [6, 6.07) is 14.3. The van der Waals surface area contributed by atoms with E-state index >= 15 is 0 Å². The molecule has 25 heavy (non-hydrogen) atoms. The predicted molar refractivity (Wildman–Crippen MR) is 94.4 cm³/mol. The highest BCUT2D eigenvalue weighted by Crippen LogP contribution is 2.44. The van der Waals surface area contributed by atoms with E-state index in [0.29, 0.717) is 17.1 Å². The van der Waals surface area contributed by atoms with Gasteiger partial charge in [0.1, 0.15) is 28.6 Å². The standard InChI is InChI=1S/C20H14O5/c1-24-17-8-11(21)2-5-14(17)20-15-6-3-12(22)9-18(15)25-19-10-13(23)4-7-16(19)20/h2-10,21-22H,1H3. The first-order valence-electron chi connectivity index (χ1n) is 7.64. The van der Waals surface area contributed by atoms with Crippen molar-refractivity contribution in [1.29, 1.82) is 0 Å². The third kappa shape index (κ3) is 2.46. The lowest BCUT2D eigenvalue weighted by Crippen LogP contribution is -2.00. The van der Waals surface area contributed by atoms with Crippen molar-refractivity contribution >= 4 is 11.0 Å². The molecule has 0 unspecified atom stereocenters. The van der Waals surface area contributed by atoms with E-state index in [-0.39, 0.29) is 16.9 Å². The molecule has 124 valence electrons. The van der Waals surface area contributed by atoms with Gasteiger partial charge in [0, 0.05) is 40.3 Å². The van der Waals surface area contributed by atoms with Crippen LogP contribution >= 0.6 is 0 Å². The molecule has 0 bridgehead atoms. The van der Waals surface area contributed by atoms with Crippen molar-refractivity contribution in [2.24, 2.45) is 0 Å². The Balaban J connectivity index is 2.19. The van der Waals surface area contributed by atoms with Crippen molar-refractivity contribution < 1.29 is 19.4 Å². The van der Waals surface area contributed by atoms with Crippen molar-refractivity contribution in [3.05, 3.63) is 64.8 Å². The summed E-state index contributed by atoms with van der Waals surface area (Å²) in [7, 11) is 1.53. The topological polar surface area (TPSA) is 79.9 Å². The Kier molecular flexibility index (Phi) is 3.35. The van der Waals surface area contributed by atoms with E-state index in [2.05, 4.69) is 0 Å². The maximum atomic E-state index is 11.7. The highest BCUT2D eigenvalue weighted by atomic mass is 16.5. The van der Waals surface area contributed by atoms with Crippen LogP contribution in [0.1, 0.15) is 0 Å². The molecule has 1 heterocycles. The van der Waals surface area contributed by atoms with E-state index in [0.717, 1.165) is 22.1 Å². The summed E-state index contributed by atoms with van der Waals surface area (Å²) in [6.07, 6.45) is 0. The molecular formula is C20H14O5.